The molecular weight excluding hydrogens is 412 g/mol. The number of ether oxygens (including phenoxy) is 1. The van der Waals surface area contributed by atoms with Gasteiger partial charge in [0, 0.05) is 13.6 Å². The van der Waals surface area contributed by atoms with Gasteiger partial charge in [-0.05, 0) is 48.9 Å². The van der Waals surface area contributed by atoms with E-state index in [1.54, 1.807) is 31.3 Å². The molecular formula is C24H26N2O4S. The van der Waals surface area contributed by atoms with Crippen molar-refractivity contribution in [3.05, 3.63) is 90.0 Å². The maximum Gasteiger partial charge on any atom is 0.264 e. The van der Waals surface area contributed by atoms with Gasteiger partial charge in [0.1, 0.15) is 12.3 Å². The van der Waals surface area contributed by atoms with E-state index in [2.05, 4.69) is 0 Å². The molecule has 0 atom stereocenters. The van der Waals surface area contributed by atoms with Crippen LogP contribution in [-0.4, -0.2) is 39.9 Å². The Kier molecular flexibility index (Phi) is 6.97. The summed E-state index contributed by atoms with van der Waals surface area (Å²) in [6.07, 6.45) is 0. The summed E-state index contributed by atoms with van der Waals surface area (Å²) in [7, 11) is -0.777. The Bertz CT molecular complexity index is 1110. The molecule has 3 rings (SSSR count). The molecule has 0 aliphatic carbocycles. The lowest BCUT2D eigenvalue weighted by Gasteiger charge is -2.27. The van der Waals surface area contributed by atoms with E-state index in [0.29, 0.717) is 18.0 Å². The first-order valence-corrected chi connectivity index (χ1v) is 11.3. The Morgan fingerprint density at radius 1 is 0.903 bits per heavy atom. The van der Waals surface area contributed by atoms with Gasteiger partial charge in [0.05, 0.1) is 17.7 Å². The molecule has 162 valence electrons. The number of benzene rings is 3. The van der Waals surface area contributed by atoms with Crippen LogP contribution in [-0.2, 0) is 21.4 Å². The number of carbonyl (C=O) groups excluding carboxylic acids is 1. The Labute approximate surface area is 183 Å². The second kappa shape index (κ2) is 9.66. The van der Waals surface area contributed by atoms with Crippen LogP contribution in [0.25, 0.3) is 0 Å². The number of methoxy groups -OCH3 is 1. The fourth-order valence-electron chi connectivity index (χ4n) is 3.09. The van der Waals surface area contributed by atoms with E-state index in [9.17, 15) is 13.2 Å². The summed E-state index contributed by atoms with van der Waals surface area (Å²) >= 11 is 0. The number of hydrogen-bond acceptors (Lipinski definition) is 4. The highest BCUT2D eigenvalue weighted by atomic mass is 32.2. The van der Waals surface area contributed by atoms with Crippen molar-refractivity contribution in [2.24, 2.45) is 0 Å². The molecule has 3 aromatic rings. The van der Waals surface area contributed by atoms with Crippen molar-refractivity contribution in [1.29, 1.82) is 0 Å². The van der Waals surface area contributed by atoms with Crippen molar-refractivity contribution in [2.45, 2.75) is 18.4 Å². The average Bonchev–Trinajstić information content (AvgIpc) is 2.78. The molecule has 0 bridgehead atoms. The Hall–Kier alpha value is -3.32. The quantitative estimate of drug-likeness (QED) is 0.536. The molecule has 0 N–H and O–H groups in total. The van der Waals surface area contributed by atoms with Gasteiger partial charge in [0.15, 0.2) is 0 Å². The molecule has 1 amide bonds. The first-order valence-electron chi connectivity index (χ1n) is 9.82. The fourth-order valence-corrected chi connectivity index (χ4v) is 4.50. The van der Waals surface area contributed by atoms with Gasteiger partial charge >= 0.3 is 0 Å². The maximum absolute atomic E-state index is 13.4. The summed E-state index contributed by atoms with van der Waals surface area (Å²) in [5, 5.41) is 0. The van der Waals surface area contributed by atoms with E-state index in [4.69, 9.17) is 4.74 Å². The minimum absolute atomic E-state index is 0.0902. The number of hydrogen-bond donors (Lipinski definition) is 0. The number of nitrogens with zero attached hydrogens (tertiary/aromatic N) is 2. The van der Waals surface area contributed by atoms with Crippen LogP contribution < -0.4 is 9.04 Å². The fraction of sp³-hybridized carbons (Fsp3) is 0.208. The topological polar surface area (TPSA) is 66.9 Å². The van der Waals surface area contributed by atoms with Gasteiger partial charge in [-0.3, -0.25) is 9.10 Å². The smallest absolute Gasteiger partial charge is 0.264 e. The minimum atomic E-state index is -3.96. The van der Waals surface area contributed by atoms with Crippen LogP contribution in [0.4, 0.5) is 5.69 Å². The van der Waals surface area contributed by atoms with Crippen LogP contribution in [0.3, 0.4) is 0 Å². The molecule has 0 radical (unpaired) electrons. The molecule has 3 aromatic carbocycles. The first kappa shape index (κ1) is 22.4. The van der Waals surface area contributed by atoms with Crippen molar-refractivity contribution < 1.29 is 17.9 Å². The van der Waals surface area contributed by atoms with E-state index >= 15 is 0 Å². The normalized spacial score (nSPS) is 11.1. The molecule has 0 unspecified atom stereocenters. The zero-order valence-electron chi connectivity index (χ0n) is 17.9. The highest BCUT2D eigenvalue weighted by Crippen LogP contribution is 2.25. The third-order valence-corrected chi connectivity index (χ3v) is 6.72. The standard InChI is InChI=1S/C24H26N2O4S/c1-19-9-11-21(12-10-19)26(31(28,29)23-15-13-22(30-3)14-16-23)18-24(27)25(2)17-20-7-5-4-6-8-20/h4-16H,17-18H2,1-3H3. The predicted octanol–water partition coefficient (Wildman–Crippen LogP) is 3.86. The van der Waals surface area contributed by atoms with E-state index in [1.165, 1.54) is 24.1 Å². The van der Waals surface area contributed by atoms with Gasteiger partial charge in [-0.15, -0.1) is 0 Å². The second-order valence-corrected chi connectivity index (χ2v) is 9.12. The summed E-state index contributed by atoms with van der Waals surface area (Å²) in [5.41, 5.74) is 2.40. The molecule has 0 aromatic heterocycles. The van der Waals surface area contributed by atoms with Crippen molar-refractivity contribution in [3.63, 3.8) is 0 Å². The number of aryl methyl sites for hydroxylation is 1. The number of anilines is 1. The van der Waals surface area contributed by atoms with Crippen molar-refractivity contribution in [2.75, 3.05) is 25.0 Å². The summed E-state index contributed by atoms with van der Waals surface area (Å²) in [6, 6.07) is 22.8. The van der Waals surface area contributed by atoms with E-state index in [-0.39, 0.29) is 17.3 Å². The van der Waals surface area contributed by atoms with Crippen LogP contribution in [0.15, 0.2) is 83.8 Å². The molecule has 0 saturated heterocycles. The van der Waals surface area contributed by atoms with Crippen molar-refractivity contribution >= 4 is 21.6 Å². The Morgan fingerprint density at radius 2 is 1.52 bits per heavy atom. The van der Waals surface area contributed by atoms with Crippen LogP contribution in [0.1, 0.15) is 11.1 Å². The second-order valence-electron chi connectivity index (χ2n) is 7.26. The van der Waals surface area contributed by atoms with Gasteiger partial charge in [-0.1, -0.05) is 48.0 Å². The van der Waals surface area contributed by atoms with Gasteiger partial charge in [-0.2, -0.15) is 0 Å². The zero-order chi connectivity index (χ0) is 22.4. The molecule has 6 nitrogen and oxygen atoms in total. The minimum Gasteiger partial charge on any atom is -0.497 e. The lowest BCUT2D eigenvalue weighted by Crippen LogP contribution is -2.41. The number of likely N-dealkylation sites (N-methyl/N-ethyl adjacent to an activating group) is 1. The third-order valence-electron chi connectivity index (χ3n) is 4.94. The summed E-state index contributed by atoms with van der Waals surface area (Å²) in [4.78, 5) is 14.6. The lowest BCUT2D eigenvalue weighted by molar-refractivity contribution is -0.128. The van der Waals surface area contributed by atoms with Crippen molar-refractivity contribution in [1.82, 2.24) is 4.90 Å². The monoisotopic (exact) mass is 438 g/mol. The van der Waals surface area contributed by atoms with E-state index in [0.717, 1.165) is 15.4 Å². The lowest BCUT2D eigenvalue weighted by atomic mass is 10.2. The third kappa shape index (κ3) is 5.44. The Balaban J connectivity index is 1.90. The summed E-state index contributed by atoms with van der Waals surface area (Å²) < 4.78 is 33.2. The molecule has 0 saturated carbocycles. The van der Waals surface area contributed by atoms with Crippen LogP contribution in [0.5, 0.6) is 5.75 Å². The zero-order valence-corrected chi connectivity index (χ0v) is 18.7. The van der Waals surface area contributed by atoms with Gasteiger partial charge in [0.25, 0.3) is 10.0 Å². The predicted molar refractivity (Wildman–Crippen MR) is 122 cm³/mol. The number of sulfonamides is 1. The molecule has 0 fully saturated rings. The number of amides is 1. The average molecular weight is 439 g/mol. The van der Waals surface area contributed by atoms with Crippen LogP contribution >= 0.6 is 0 Å². The summed E-state index contributed by atoms with van der Waals surface area (Å²) in [5.74, 6) is 0.251. The Morgan fingerprint density at radius 3 is 2.10 bits per heavy atom. The molecule has 31 heavy (non-hydrogen) atoms. The molecule has 0 aliphatic heterocycles. The SMILES string of the molecule is COc1ccc(S(=O)(=O)N(CC(=O)N(C)Cc2ccccc2)c2ccc(C)cc2)cc1. The van der Waals surface area contributed by atoms with E-state index < -0.39 is 10.0 Å². The molecule has 0 aliphatic rings. The molecule has 0 spiro atoms. The summed E-state index contributed by atoms with van der Waals surface area (Å²) in [6.45, 7) is 2.01. The first-order chi connectivity index (χ1) is 14.8. The van der Waals surface area contributed by atoms with Gasteiger partial charge in [-0.25, -0.2) is 8.42 Å². The molecule has 0 heterocycles. The van der Waals surface area contributed by atoms with Crippen LogP contribution in [0.2, 0.25) is 0 Å². The highest BCUT2D eigenvalue weighted by molar-refractivity contribution is 7.92. The number of carbonyl (C=O) groups is 1. The van der Waals surface area contributed by atoms with Crippen LogP contribution in [0, 0.1) is 6.92 Å². The largest absolute Gasteiger partial charge is 0.497 e. The number of rotatable bonds is 8. The van der Waals surface area contributed by atoms with Gasteiger partial charge < -0.3 is 9.64 Å². The van der Waals surface area contributed by atoms with E-state index in [1.807, 2.05) is 49.4 Å². The van der Waals surface area contributed by atoms with Crippen molar-refractivity contribution in [3.8, 4) is 5.75 Å². The van der Waals surface area contributed by atoms with Gasteiger partial charge in [0.2, 0.25) is 5.91 Å². The molecule has 7 heteroatoms. The maximum atomic E-state index is 13.4. The highest BCUT2D eigenvalue weighted by Gasteiger charge is 2.28.